The van der Waals surface area contributed by atoms with Crippen molar-refractivity contribution in [2.24, 2.45) is 10.4 Å². The first kappa shape index (κ1) is 51.3. The molecule has 0 bridgehead atoms. The molecule has 5 N–H and O–H groups in total. The summed E-state index contributed by atoms with van der Waals surface area (Å²) in [7, 11) is 0. The molecule has 1 saturated heterocycles. The SMILES string of the molecule is Cc1ncsc1-c1ccc(C(C)NC(=O)[C@@H]2C[C@@H](O)CN2C(=O)C(NC(=O)COc2ccc(-c3ccc(C4=N[C@@H](CC(=O)NCCO)c5nnc(C)n5-c5sc(C)c(C)c54)cc3)cc2C#N)C(C)(C)C)cc1. The number of nitriles is 1. The van der Waals surface area contributed by atoms with E-state index in [2.05, 4.69) is 44.1 Å². The van der Waals surface area contributed by atoms with Gasteiger partial charge in [-0.05, 0) is 80.0 Å². The van der Waals surface area contributed by atoms with Crippen LogP contribution in [0.2, 0.25) is 0 Å². The highest BCUT2D eigenvalue weighted by molar-refractivity contribution is 7.15. The van der Waals surface area contributed by atoms with Crippen LogP contribution in [-0.4, -0.2) is 109 Å². The fourth-order valence-electron chi connectivity index (χ4n) is 9.07. The fourth-order valence-corrected chi connectivity index (χ4v) is 11.1. The maximum absolute atomic E-state index is 14.3. The number of aryl methyl sites for hydroxylation is 3. The smallest absolute Gasteiger partial charge is 0.258 e. The Labute approximate surface area is 426 Å². The average molecular weight is 1010 g/mol. The first-order chi connectivity index (χ1) is 34.4. The van der Waals surface area contributed by atoms with Crippen molar-refractivity contribution in [1.82, 2.24) is 40.6 Å². The lowest BCUT2D eigenvalue weighted by Gasteiger charge is -2.35. The van der Waals surface area contributed by atoms with E-state index in [1.54, 1.807) is 67.2 Å². The predicted molar refractivity (Wildman–Crippen MR) is 275 cm³/mol. The fraction of sp³-hybridized carbons (Fsp3) is 0.377. The van der Waals surface area contributed by atoms with Crippen molar-refractivity contribution in [2.45, 2.75) is 98.5 Å². The molecule has 0 spiro atoms. The molecule has 0 aliphatic carbocycles. The highest BCUT2D eigenvalue weighted by atomic mass is 32.1. The van der Waals surface area contributed by atoms with Gasteiger partial charge in [0.1, 0.15) is 40.8 Å². The quantitative estimate of drug-likeness (QED) is 0.0759. The Hall–Kier alpha value is -7.11. The summed E-state index contributed by atoms with van der Waals surface area (Å²) in [5.41, 5.74) is 9.06. The number of aliphatic hydroxyl groups excluding tert-OH is 2. The Bertz CT molecular complexity index is 3090. The summed E-state index contributed by atoms with van der Waals surface area (Å²) in [4.78, 5) is 67.7. The molecule has 6 aromatic rings. The van der Waals surface area contributed by atoms with E-state index >= 15 is 0 Å². The maximum atomic E-state index is 14.3. The van der Waals surface area contributed by atoms with E-state index in [0.717, 1.165) is 59.4 Å². The van der Waals surface area contributed by atoms with Crippen LogP contribution in [0.1, 0.15) is 103 Å². The molecule has 5 heterocycles. The van der Waals surface area contributed by atoms with Crippen LogP contribution in [0.15, 0.2) is 77.2 Å². The minimum atomic E-state index is -1.08. The highest BCUT2D eigenvalue weighted by Crippen LogP contribution is 2.40. The van der Waals surface area contributed by atoms with Gasteiger partial charge in [0.25, 0.3) is 5.91 Å². The van der Waals surface area contributed by atoms with Crippen LogP contribution in [0.5, 0.6) is 5.75 Å². The second kappa shape index (κ2) is 21.3. The second-order valence-electron chi connectivity index (χ2n) is 19.2. The Morgan fingerprint density at radius 2 is 1.62 bits per heavy atom. The lowest BCUT2D eigenvalue weighted by molar-refractivity contribution is -0.144. The Morgan fingerprint density at radius 3 is 2.29 bits per heavy atom. The summed E-state index contributed by atoms with van der Waals surface area (Å²) in [5.74, 6) is -0.401. The van der Waals surface area contributed by atoms with Crippen molar-refractivity contribution in [3.8, 4) is 38.4 Å². The summed E-state index contributed by atoms with van der Waals surface area (Å²) in [6.07, 6.45) is -0.883. The third kappa shape index (κ3) is 10.7. The van der Waals surface area contributed by atoms with Gasteiger partial charge < -0.3 is 35.8 Å². The molecular weight excluding hydrogens is 953 g/mol. The number of benzene rings is 3. The van der Waals surface area contributed by atoms with E-state index in [4.69, 9.17) is 9.73 Å². The first-order valence-corrected chi connectivity index (χ1v) is 25.4. The van der Waals surface area contributed by atoms with Gasteiger partial charge in [0.05, 0.1) is 52.5 Å². The summed E-state index contributed by atoms with van der Waals surface area (Å²) in [6, 6.07) is 19.8. The molecule has 3 aromatic carbocycles. The van der Waals surface area contributed by atoms with E-state index in [9.17, 15) is 34.7 Å². The monoisotopic (exact) mass is 1010 g/mol. The minimum Gasteiger partial charge on any atom is -0.482 e. The van der Waals surface area contributed by atoms with Crippen molar-refractivity contribution in [1.29, 1.82) is 5.26 Å². The Morgan fingerprint density at radius 1 is 0.931 bits per heavy atom. The standard InChI is InChI=1S/C53H58N10O7S2/c1-28-31(4)72-52-45(28)46(58-40(23-43(66)55-19-20-64)49-61-60-32(5)63(49)52)35-13-11-34(12-14-35)37-17-18-42(38(21-37)24-54)70-26-44(67)59-48(53(6,7)8)51(69)62-25-39(65)22-41(62)50(68)57-29(2)33-9-15-36(16-10-33)47-30(3)56-27-71-47/h9-18,21,27,29,39-41,48,64-65H,19-20,22-23,25-26H2,1-8H3,(H,55,66)(H,57,68)(H,59,67)/t29?,39-,40+,41+,48?/m1/s1. The van der Waals surface area contributed by atoms with Gasteiger partial charge >= 0.3 is 0 Å². The number of likely N-dealkylation sites (tertiary alicyclic amines) is 1. The summed E-state index contributed by atoms with van der Waals surface area (Å²) < 4.78 is 7.88. The van der Waals surface area contributed by atoms with Gasteiger partial charge in [0, 0.05) is 35.5 Å². The highest BCUT2D eigenvalue weighted by Gasteiger charge is 2.45. The number of aliphatic imine (C=N–C) groups is 1. The van der Waals surface area contributed by atoms with Crippen LogP contribution in [-0.2, 0) is 19.2 Å². The number of ether oxygens (including phenoxy) is 1. The number of rotatable bonds is 15. The second-order valence-corrected chi connectivity index (χ2v) is 21.3. The molecule has 72 heavy (non-hydrogen) atoms. The van der Waals surface area contributed by atoms with Gasteiger partial charge in [-0.25, -0.2) is 4.98 Å². The van der Waals surface area contributed by atoms with Gasteiger partial charge in [-0.2, -0.15) is 5.26 Å². The molecule has 0 saturated carbocycles. The van der Waals surface area contributed by atoms with E-state index in [1.165, 1.54) is 4.90 Å². The number of nitrogens with zero attached hydrogens (tertiary/aromatic N) is 7. The van der Waals surface area contributed by atoms with Crippen LogP contribution in [0.4, 0.5) is 0 Å². The van der Waals surface area contributed by atoms with E-state index in [-0.39, 0.29) is 55.8 Å². The van der Waals surface area contributed by atoms with Gasteiger partial charge in [0.2, 0.25) is 17.7 Å². The minimum absolute atomic E-state index is 0.00527. The number of carbonyl (C=O) groups excluding carboxylic acids is 4. The lowest BCUT2D eigenvalue weighted by atomic mass is 9.85. The van der Waals surface area contributed by atoms with Crippen LogP contribution in [0.3, 0.4) is 0 Å². The van der Waals surface area contributed by atoms with Crippen molar-refractivity contribution >= 4 is 52.0 Å². The van der Waals surface area contributed by atoms with E-state index in [1.807, 2.05) is 80.8 Å². The number of thiophene rings is 1. The number of aliphatic hydroxyl groups is 2. The number of nitrogens with one attached hydrogen (secondary N) is 3. The molecule has 374 valence electrons. The van der Waals surface area contributed by atoms with Gasteiger partial charge in [-0.3, -0.25) is 28.7 Å². The molecule has 2 aliphatic rings. The zero-order chi connectivity index (χ0) is 51.6. The normalized spacial score (nSPS) is 17.2. The first-order valence-electron chi connectivity index (χ1n) is 23.7. The molecule has 2 unspecified atom stereocenters. The van der Waals surface area contributed by atoms with Crippen molar-refractivity contribution in [3.63, 3.8) is 0 Å². The average Bonchev–Trinajstić information content (AvgIpc) is 4.13. The van der Waals surface area contributed by atoms with E-state index in [0.29, 0.717) is 17.4 Å². The van der Waals surface area contributed by atoms with Crippen molar-refractivity contribution < 1.29 is 34.1 Å². The number of amides is 4. The van der Waals surface area contributed by atoms with Crippen LogP contribution in [0.25, 0.3) is 26.6 Å². The number of hydrogen-bond donors (Lipinski definition) is 5. The number of aromatic nitrogens is 4. The Balaban J connectivity index is 0.938. The number of thiazole rings is 1. The number of fused-ring (bicyclic) bond motifs is 3. The zero-order valence-electron chi connectivity index (χ0n) is 41.4. The number of carbonyl (C=O) groups is 4. The van der Waals surface area contributed by atoms with Crippen LogP contribution < -0.4 is 20.7 Å². The van der Waals surface area contributed by atoms with Crippen LogP contribution in [0, 0.1) is 44.4 Å². The molecule has 8 rings (SSSR count). The lowest BCUT2D eigenvalue weighted by Crippen LogP contribution is -2.58. The number of β-amino-alcohol motifs (C(OH)–C–C–N with tert-alkyl or cyclic N) is 1. The van der Waals surface area contributed by atoms with Crippen LogP contribution >= 0.6 is 22.7 Å². The third-order valence-electron chi connectivity index (χ3n) is 13.1. The predicted octanol–water partition coefficient (Wildman–Crippen LogP) is 6.36. The molecular formula is C53H58N10O7S2. The molecule has 19 heteroatoms. The number of hydrogen-bond acceptors (Lipinski definition) is 14. The van der Waals surface area contributed by atoms with Gasteiger partial charge in [-0.1, -0.05) is 75.4 Å². The third-order valence-corrected chi connectivity index (χ3v) is 15.2. The van der Waals surface area contributed by atoms with Gasteiger partial charge in [0.15, 0.2) is 12.4 Å². The largest absolute Gasteiger partial charge is 0.482 e. The summed E-state index contributed by atoms with van der Waals surface area (Å²) in [6.45, 7) is 14.6. The molecule has 1 fully saturated rings. The summed E-state index contributed by atoms with van der Waals surface area (Å²) in [5, 5.41) is 48.6. The van der Waals surface area contributed by atoms with E-state index < -0.39 is 54.0 Å². The molecule has 17 nitrogen and oxygen atoms in total. The molecule has 2 aliphatic heterocycles. The van der Waals surface area contributed by atoms with Crippen molar-refractivity contribution in [3.05, 3.63) is 122 Å². The maximum Gasteiger partial charge on any atom is 0.258 e. The topological polar surface area (TPSA) is 237 Å². The molecule has 0 radical (unpaired) electrons. The summed E-state index contributed by atoms with van der Waals surface area (Å²) >= 11 is 3.17. The molecule has 5 atom stereocenters. The zero-order valence-corrected chi connectivity index (χ0v) is 43.1. The molecule has 3 aromatic heterocycles. The van der Waals surface area contributed by atoms with Crippen molar-refractivity contribution in [2.75, 3.05) is 26.3 Å². The van der Waals surface area contributed by atoms with Gasteiger partial charge in [-0.15, -0.1) is 32.9 Å². The Kier molecular flexibility index (Phi) is 15.2. The molecule has 4 amide bonds.